The van der Waals surface area contributed by atoms with Crippen LogP contribution in [0.2, 0.25) is 0 Å². The van der Waals surface area contributed by atoms with E-state index in [1.54, 1.807) is 12.1 Å². The molecule has 25 heavy (non-hydrogen) atoms. The molecule has 1 amide bonds. The Bertz CT molecular complexity index is 536. The third-order valence-electron chi connectivity index (χ3n) is 4.63. The van der Waals surface area contributed by atoms with Gasteiger partial charge >= 0.3 is 0 Å². The number of carbonyl (C=O) groups excluding carboxylic acids is 1. The van der Waals surface area contributed by atoms with Gasteiger partial charge in [-0.3, -0.25) is 9.69 Å². The lowest BCUT2D eigenvalue weighted by Crippen LogP contribution is -2.46. The molecular formula is C19H29FN2O3. The van der Waals surface area contributed by atoms with Crippen molar-refractivity contribution in [1.82, 2.24) is 9.80 Å². The predicted octanol–water partition coefficient (Wildman–Crippen LogP) is 1.89. The number of carbonyl (C=O) groups is 1. The van der Waals surface area contributed by atoms with Crippen LogP contribution in [0.15, 0.2) is 24.3 Å². The quantitative estimate of drug-likeness (QED) is 0.726. The van der Waals surface area contributed by atoms with Gasteiger partial charge < -0.3 is 14.7 Å². The van der Waals surface area contributed by atoms with Gasteiger partial charge in [0.1, 0.15) is 5.82 Å². The highest BCUT2D eigenvalue weighted by molar-refractivity contribution is 5.77. The van der Waals surface area contributed by atoms with Crippen LogP contribution in [-0.2, 0) is 16.1 Å². The van der Waals surface area contributed by atoms with Crippen molar-refractivity contribution in [2.75, 3.05) is 39.5 Å². The molecule has 0 spiro atoms. The van der Waals surface area contributed by atoms with Crippen LogP contribution in [0.5, 0.6) is 0 Å². The third kappa shape index (κ3) is 6.06. The fraction of sp³-hybridized carbons (Fsp3) is 0.632. The highest BCUT2D eigenvalue weighted by Gasteiger charge is 2.31. The number of ether oxygens (including phenoxy) is 1. The highest BCUT2D eigenvalue weighted by atomic mass is 19.1. The molecule has 0 saturated carbocycles. The molecule has 1 saturated heterocycles. The van der Waals surface area contributed by atoms with E-state index in [4.69, 9.17) is 9.84 Å². The van der Waals surface area contributed by atoms with Crippen molar-refractivity contribution in [2.24, 2.45) is 5.92 Å². The number of aliphatic hydroxyl groups is 1. The Morgan fingerprint density at radius 2 is 2.00 bits per heavy atom. The molecular weight excluding hydrogens is 323 g/mol. The van der Waals surface area contributed by atoms with Crippen LogP contribution in [0.4, 0.5) is 4.39 Å². The minimum atomic E-state index is -0.264. The summed E-state index contributed by atoms with van der Waals surface area (Å²) in [6.45, 7) is 7.95. The SMILES string of the molecule is CC(C)[C@@H]1CN(CCOCCO)CCC(=O)N1Cc1ccc(F)cc1. The van der Waals surface area contributed by atoms with E-state index in [1.807, 2.05) is 4.90 Å². The number of benzene rings is 1. The Morgan fingerprint density at radius 3 is 2.64 bits per heavy atom. The molecule has 5 nitrogen and oxygen atoms in total. The lowest BCUT2D eigenvalue weighted by molar-refractivity contribution is -0.134. The summed E-state index contributed by atoms with van der Waals surface area (Å²) >= 11 is 0. The molecule has 1 aromatic carbocycles. The van der Waals surface area contributed by atoms with Crippen molar-refractivity contribution in [3.8, 4) is 0 Å². The van der Waals surface area contributed by atoms with Crippen LogP contribution in [-0.4, -0.2) is 66.3 Å². The summed E-state index contributed by atoms with van der Waals surface area (Å²) in [4.78, 5) is 16.9. The Kier molecular flexibility index (Phi) is 7.81. The first-order valence-corrected chi connectivity index (χ1v) is 8.96. The van der Waals surface area contributed by atoms with Crippen molar-refractivity contribution in [2.45, 2.75) is 32.9 Å². The summed E-state index contributed by atoms with van der Waals surface area (Å²) in [6.07, 6.45) is 0.477. The number of hydrogen-bond donors (Lipinski definition) is 1. The zero-order valence-corrected chi connectivity index (χ0v) is 15.2. The second-order valence-electron chi connectivity index (χ2n) is 6.85. The summed E-state index contributed by atoms with van der Waals surface area (Å²) in [5.41, 5.74) is 0.945. The molecule has 1 N–H and O–H groups in total. The molecule has 0 aromatic heterocycles. The summed E-state index contributed by atoms with van der Waals surface area (Å²) in [5, 5.41) is 8.78. The van der Waals surface area contributed by atoms with Gasteiger partial charge in [-0.1, -0.05) is 26.0 Å². The van der Waals surface area contributed by atoms with Crippen molar-refractivity contribution in [3.63, 3.8) is 0 Å². The van der Waals surface area contributed by atoms with E-state index in [0.29, 0.717) is 38.6 Å². The molecule has 2 rings (SSSR count). The van der Waals surface area contributed by atoms with Crippen molar-refractivity contribution >= 4 is 5.91 Å². The fourth-order valence-electron chi connectivity index (χ4n) is 3.16. The molecule has 6 heteroatoms. The van der Waals surface area contributed by atoms with Crippen molar-refractivity contribution in [1.29, 1.82) is 0 Å². The summed E-state index contributed by atoms with van der Waals surface area (Å²) in [6, 6.07) is 6.47. The van der Waals surface area contributed by atoms with E-state index in [1.165, 1.54) is 12.1 Å². The molecule has 1 aromatic rings. The maximum absolute atomic E-state index is 13.1. The molecule has 0 aliphatic carbocycles. The second-order valence-corrected chi connectivity index (χ2v) is 6.85. The molecule has 0 bridgehead atoms. The zero-order valence-electron chi connectivity index (χ0n) is 15.2. The van der Waals surface area contributed by atoms with E-state index in [2.05, 4.69) is 18.7 Å². The summed E-state index contributed by atoms with van der Waals surface area (Å²) in [7, 11) is 0. The standard InChI is InChI=1S/C19H29FN2O3/c1-15(2)18-14-21(9-11-25-12-10-23)8-7-19(24)22(18)13-16-3-5-17(20)6-4-16/h3-6,15,18,23H,7-14H2,1-2H3/t18-/m0/s1. The Hall–Kier alpha value is -1.50. The third-order valence-corrected chi connectivity index (χ3v) is 4.63. The van der Waals surface area contributed by atoms with E-state index < -0.39 is 0 Å². The van der Waals surface area contributed by atoms with Gasteiger partial charge in [-0.15, -0.1) is 0 Å². The predicted molar refractivity (Wildman–Crippen MR) is 94.5 cm³/mol. The normalized spacial score (nSPS) is 19.5. The average Bonchev–Trinajstić information content (AvgIpc) is 2.74. The molecule has 1 atom stereocenters. The Labute approximate surface area is 149 Å². The van der Waals surface area contributed by atoms with Gasteiger partial charge in [0.05, 0.1) is 19.8 Å². The van der Waals surface area contributed by atoms with Crippen molar-refractivity contribution < 1.29 is 19.0 Å². The van der Waals surface area contributed by atoms with Gasteiger partial charge in [0.2, 0.25) is 5.91 Å². The van der Waals surface area contributed by atoms with Crippen LogP contribution in [0, 0.1) is 11.7 Å². The molecule has 0 unspecified atom stereocenters. The lowest BCUT2D eigenvalue weighted by atomic mass is 10.0. The smallest absolute Gasteiger partial charge is 0.224 e. The van der Waals surface area contributed by atoms with Crippen molar-refractivity contribution in [3.05, 3.63) is 35.6 Å². The van der Waals surface area contributed by atoms with Gasteiger partial charge in [-0.05, 0) is 23.6 Å². The van der Waals surface area contributed by atoms with Crippen LogP contribution in [0.1, 0.15) is 25.8 Å². The van der Waals surface area contributed by atoms with Crippen LogP contribution in [0.3, 0.4) is 0 Å². The monoisotopic (exact) mass is 352 g/mol. The molecule has 1 heterocycles. The van der Waals surface area contributed by atoms with E-state index in [0.717, 1.165) is 18.7 Å². The van der Waals surface area contributed by atoms with E-state index >= 15 is 0 Å². The van der Waals surface area contributed by atoms with Gasteiger partial charge in [0, 0.05) is 38.6 Å². The van der Waals surface area contributed by atoms with Crippen LogP contribution < -0.4 is 0 Å². The van der Waals surface area contributed by atoms with E-state index in [9.17, 15) is 9.18 Å². The largest absolute Gasteiger partial charge is 0.394 e. The summed E-state index contributed by atoms with van der Waals surface area (Å²) < 4.78 is 18.5. The van der Waals surface area contributed by atoms with Crippen LogP contribution >= 0.6 is 0 Å². The van der Waals surface area contributed by atoms with Crippen LogP contribution in [0.25, 0.3) is 0 Å². The minimum Gasteiger partial charge on any atom is -0.394 e. The molecule has 1 aliphatic rings. The topological polar surface area (TPSA) is 53.0 Å². The number of hydrogen-bond acceptors (Lipinski definition) is 4. The maximum Gasteiger partial charge on any atom is 0.224 e. The second kappa shape index (κ2) is 9.85. The van der Waals surface area contributed by atoms with Gasteiger partial charge in [0.15, 0.2) is 0 Å². The molecule has 1 aliphatic heterocycles. The van der Waals surface area contributed by atoms with Gasteiger partial charge in [-0.2, -0.15) is 0 Å². The Morgan fingerprint density at radius 1 is 1.28 bits per heavy atom. The average molecular weight is 352 g/mol. The maximum atomic E-state index is 13.1. The number of nitrogens with zero attached hydrogens (tertiary/aromatic N) is 2. The fourth-order valence-corrected chi connectivity index (χ4v) is 3.16. The molecule has 1 fully saturated rings. The van der Waals surface area contributed by atoms with Gasteiger partial charge in [-0.25, -0.2) is 4.39 Å². The number of aliphatic hydroxyl groups excluding tert-OH is 1. The first-order chi connectivity index (χ1) is 12.0. The highest BCUT2D eigenvalue weighted by Crippen LogP contribution is 2.21. The van der Waals surface area contributed by atoms with Gasteiger partial charge in [0.25, 0.3) is 0 Å². The Balaban J connectivity index is 2.04. The number of amides is 1. The minimum absolute atomic E-state index is 0.0263. The number of halogens is 1. The first kappa shape index (κ1) is 19.8. The van der Waals surface area contributed by atoms with E-state index in [-0.39, 0.29) is 24.4 Å². The molecule has 0 radical (unpaired) electrons. The zero-order chi connectivity index (χ0) is 18.2. The number of rotatable bonds is 8. The first-order valence-electron chi connectivity index (χ1n) is 8.96. The lowest BCUT2D eigenvalue weighted by Gasteiger charge is -2.35. The molecule has 140 valence electrons. The summed E-state index contributed by atoms with van der Waals surface area (Å²) in [5.74, 6) is 0.200.